The minimum Gasteiger partial charge on any atom is -0.313 e. The van der Waals surface area contributed by atoms with E-state index in [9.17, 15) is 0 Å². The molecule has 0 N–H and O–H groups in total. The Morgan fingerprint density at radius 2 is 2.05 bits per heavy atom. The molecular weight excluding hydrogens is 248 g/mol. The Morgan fingerprint density at radius 1 is 1.25 bits per heavy atom. The van der Waals surface area contributed by atoms with Crippen molar-refractivity contribution >= 4 is 11.0 Å². The van der Waals surface area contributed by atoms with Gasteiger partial charge in [-0.2, -0.15) is 5.26 Å². The third-order valence-electron chi connectivity index (χ3n) is 4.03. The smallest absolute Gasteiger partial charge is 0.125 e. The van der Waals surface area contributed by atoms with Crippen LogP contribution in [-0.4, -0.2) is 27.5 Å². The number of hydrogen-bond acceptors (Lipinski definition) is 3. The molecule has 1 fully saturated rings. The molecule has 1 aromatic carbocycles. The summed E-state index contributed by atoms with van der Waals surface area (Å²) in [4.78, 5) is 7.21. The van der Waals surface area contributed by atoms with Crippen LogP contribution < -0.4 is 0 Å². The van der Waals surface area contributed by atoms with Gasteiger partial charge >= 0.3 is 0 Å². The molecule has 3 rings (SSSR count). The van der Waals surface area contributed by atoms with Gasteiger partial charge in [-0.25, -0.2) is 4.98 Å². The number of nitriles is 1. The molecule has 0 radical (unpaired) electrons. The van der Waals surface area contributed by atoms with Crippen LogP contribution in [0.25, 0.3) is 11.0 Å². The topological polar surface area (TPSA) is 44.9 Å². The van der Waals surface area contributed by atoms with E-state index in [2.05, 4.69) is 40.7 Å². The van der Waals surface area contributed by atoms with Crippen molar-refractivity contribution in [2.24, 2.45) is 0 Å². The van der Waals surface area contributed by atoms with Crippen LogP contribution in [0.2, 0.25) is 0 Å². The van der Waals surface area contributed by atoms with Crippen molar-refractivity contribution in [2.75, 3.05) is 13.1 Å². The Morgan fingerprint density at radius 3 is 2.80 bits per heavy atom. The van der Waals surface area contributed by atoms with E-state index in [-0.39, 0.29) is 0 Å². The second-order valence-corrected chi connectivity index (χ2v) is 5.60. The number of nitrogens with zero attached hydrogens (tertiary/aromatic N) is 4. The predicted molar refractivity (Wildman–Crippen MR) is 79.2 cm³/mol. The van der Waals surface area contributed by atoms with Gasteiger partial charge < -0.3 is 4.57 Å². The van der Waals surface area contributed by atoms with E-state index in [0.717, 1.165) is 36.5 Å². The fourth-order valence-electron chi connectivity index (χ4n) is 2.98. The minimum atomic E-state index is 0.378. The molecule has 2 heterocycles. The highest BCUT2D eigenvalue weighted by Gasteiger charge is 2.16. The third kappa shape index (κ3) is 2.54. The first-order valence-electron chi connectivity index (χ1n) is 7.33. The molecule has 1 aliphatic heterocycles. The molecule has 104 valence electrons. The summed E-state index contributed by atoms with van der Waals surface area (Å²) in [6, 6.07) is 8.52. The second-order valence-electron chi connectivity index (χ2n) is 5.60. The van der Waals surface area contributed by atoms with Crippen molar-refractivity contribution in [2.45, 2.75) is 39.3 Å². The lowest BCUT2D eigenvalue weighted by Crippen LogP contribution is -2.30. The SMILES string of the molecule is Cc1ccc2c(c1)nc(CN1CCCCC1)n2CC#N. The van der Waals surface area contributed by atoms with Crippen molar-refractivity contribution in [3.8, 4) is 6.07 Å². The lowest BCUT2D eigenvalue weighted by atomic mass is 10.1. The summed E-state index contributed by atoms with van der Waals surface area (Å²) in [5.41, 5.74) is 3.29. The lowest BCUT2D eigenvalue weighted by Gasteiger charge is -2.26. The van der Waals surface area contributed by atoms with Gasteiger partial charge in [-0.05, 0) is 50.6 Å². The zero-order chi connectivity index (χ0) is 13.9. The Kier molecular flexibility index (Phi) is 3.70. The Labute approximate surface area is 119 Å². The van der Waals surface area contributed by atoms with Crippen molar-refractivity contribution in [1.29, 1.82) is 5.26 Å². The Hall–Kier alpha value is -1.86. The molecule has 0 aliphatic carbocycles. The van der Waals surface area contributed by atoms with Crippen LogP contribution in [0, 0.1) is 18.3 Å². The number of piperidine rings is 1. The quantitative estimate of drug-likeness (QED) is 0.860. The average molecular weight is 268 g/mol. The summed E-state index contributed by atoms with van der Waals surface area (Å²) >= 11 is 0. The van der Waals surface area contributed by atoms with Crippen LogP contribution in [0.5, 0.6) is 0 Å². The molecule has 2 aromatic rings. The number of likely N-dealkylation sites (tertiary alicyclic amines) is 1. The number of aryl methyl sites for hydroxylation is 1. The zero-order valence-electron chi connectivity index (χ0n) is 12.0. The second kappa shape index (κ2) is 5.64. The number of fused-ring (bicyclic) bond motifs is 1. The van der Waals surface area contributed by atoms with E-state index in [1.807, 2.05) is 0 Å². The minimum absolute atomic E-state index is 0.378. The predicted octanol–water partition coefficient (Wildman–Crippen LogP) is 2.85. The summed E-state index contributed by atoms with van der Waals surface area (Å²) in [5, 5.41) is 9.07. The van der Waals surface area contributed by atoms with Crippen molar-refractivity contribution in [3.05, 3.63) is 29.6 Å². The highest BCUT2D eigenvalue weighted by Crippen LogP contribution is 2.20. The highest BCUT2D eigenvalue weighted by molar-refractivity contribution is 5.77. The third-order valence-corrected chi connectivity index (χ3v) is 4.03. The summed E-state index contributed by atoms with van der Waals surface area (Å²) in [7, 11) is 0. The summed E-state index contributed by atoms with van der Waals surface area (Å²) in [5.74, 6) is 1.02. The first kappa shape index (κ1) is 13.1. The van der Waals surface area contributed by atoms with E-state index in [1.54, 1.807) is 0 Å². The van der Waals surface area contributed by atoms with Crippen LogP contribution >= 0.6 is 0 Å². The summed E-state index contributed by atoms with van der Waals surface area (Å²) in [6.45, 7) is 5.61. The summed E-state index contributed by atoms with van der Waals surface area (Å²) < 4.78 is 2.06. The van der Waals surface area contributed by atoms with Crippen LogP contribution in [0.4, 0.5) is 0 Å². The molecule has 0 bridgehead atoms. The van der Waals surface area contributed by atoms with Crippen LogP contribution in [0.3, 0.4) is 0 Å². The first-order chi connectivity index (χ1) is 9.78. The van der Waals surface area contributed by atoms with Gasteiger partial charge in [-0.1, -0.05) is 12.5 Å². The van der Waals surface area contributed by atoms with E-state index in [0.29, 0.717) is 6.54 Å². The summed E-state index contributed by atoms with van der Waals surface area (Å²) in [6.07, 6.45) is 3.89. The van der Waals surface area contributed by atoms with Gasteiger partial charge in [0.25, 0.3) is 0 Å². The highest BCUT2D eigenvalue weighted by atomic mass is 15.2. The van der Waals surface area contributed by atoms with Gasteiger partial charge in [0.15, 0.2) is 0 Å². The standard InChI is InChI=1S/C16H20N4/c1-13-5-6-15-14(11-13)18-16(20(15)10-7-17)12-19-8-3-2-4-9-19/h5-6,11H,2-4,8-10,12H2,1H3. The van der Waals surface area contributed by atoms with Gasteiger partial charge in [0.05, 0.1) is 23.6 Å². The maximum Gasteiger partial charge on any atom is 0.125 e. The van der Waals surface area contributed by atoms with Crippen LogP contribution in [0.1, 0.15) is 30.7 Å². The largest absolute Gasteiger partial charge is 0.313 e. The van der Waals surface area contributed by atoms with Crippen molar-refractivity contribution in [3.63, 3.8) is 0 Å². The van der Waals surface area contributed by atoms with E-state index < -0.39 is 0 Å². The zero-order valence-corrected chi connectivity index (χ0v) is 12.0. The number of rotatable bonds is 3. The Balaban J connectivity index is 1.95. The number of hydrogen-bond donors (Lipinski definition) is 0. The van der Waals surface area contributed by atoms with Gasteiger partial charge in [-0.15, -0.1) is 0 Å². The molecule has 0 atom stereocenters. The van der Waals surface area contributed by atoms with Crippen LogP contribution in [0.15, 0.2) is 18.2 Å². The van der Waals surface area contributed by atoms with E-state index in [1.165, 1.54) is 24.8 Å². The monoisotopic (exact) mass is 268 g/mol. The number of benzene rings is 1. The molecular formula is C16H20N4. The molecule has 1 aromatic heterocycles. The fourth-order valence-corrected chi connectivity index (χ4v) is 2.98. The molecule has 4 heteroatoms. The number of imidazole rings is 1. The van der Waals surface area contributed by atoms with E-state index in [4.69, 9.17) is 10.2 Å². The fraction of sp³-hybridized carbons (Fsp3) is 0.500. The van der Waals surface area contributed by atoms with Gasteiger partial charge in [-0.3, -0.25) is 4.90 Å². The average Bonchev–Trinajstić information content (AvgIpc) is 2.77. The lowest BCUT2D eigenvalue weighted by molar-refractivity contribution is 0.214. The van der Waals surface area contributed by atoms with Gasteiger partial charge in [0.2, 0.25) is 0 Å². The molecule has 0 spiro atoms. The van der Waals surface area contributed by atoms with Crippen molar-refractivity contribution < 1.29 is 0 Å². The number of aromatic nitrogens is 2. The molecule has 1 saturated heterocycles. The van der Waals surface area contributed by atoms with Gasteiger partial charge in [0.1, 0.15) is 12.4 Å². The first-order valence-corrected chi connectivity index (χ1v) is 7.33. The Bertz CT molecular complexity index is 644. The molecule has 4 nitrogen and oxygen atoms in total. The maximum absolute atomic E-state index is 9.07. The van der Waals surface area contributed by atoms with Crippen LogP contribution in [-0.2, 0) is 13.1 Å². The molecule has 0 amide bonds. The van der Waals surface area contributed by atoms with Crippen molar-refractivity contribution in [1.82, 2.24) is 14.5 Å². The molecule has 0 unspecified atom stereocenters. The molecule has 0 saturated carbocycles. The molecule has 20 heavy (non-hydrogen) atoms. The maximum atomic E-state index is 9.07. The molecule has 1 aliphatic rings. The normalized spacial score (nSPS) is 16.4. The van der Waals surface area contributed by atoms with Gasteiger partial charge in [0, 0.05) is 0 Å². The van der Waals surface area contributed by atoms with E-state index >= 15 is 0 Å².